The fourth-order valence-electron chi connectivity index (χ4n) is 3.27. The molecule has 0 radical (unpaired) electrons. The standard InChI is InChI=1S/C24H31N3O3/c1-16(2)15-30-21-13-12-18(14-22(21)29-4)17(3)25-24(28)11-7-10-23-26-19-8-5-6-9-20(19)27-23/h5-6,8-9,12-14,16-17H,7,10-11,15H2,1-4H3,(H,25,28)(H,26,27). The first-order valence-electron chi connectivity index (χ1n) is 10.5. The number of aromatic nitrogens is 2. The number of benzene rings is 2. The van der Waals surface area contributed by atoms with E-state index in [-0.39, 0.29) is 11.9 Å². The number of aryl methyl sites for hydroxylation is 1. The molecule has 0 bridgehead atoms. The minimum absolute atomic E-state index is 0.0257. The molecule has 1 aromatic heterocycles. The predicted octanol–water partition coefficient (Wildman–Crippen LogP) is 4.81. The van der Waals surface area contributed by atoms with Crippen LogP contribution in [0.3, 0.4) is 0 Å². The molecule has 1 heterocycles. The van der Waals surface area contributed by atoms with Gasteiger partial charge in [-0.05, 0) is 49.1 Å². The lowest BCUT2D eigenvalue weighted by Crippen LogP contribution is -2.26. The molecule has 6 heteroatoms. The van der Waals surface area contributed by atoms with Gasteiger partial charge >= 0.3 is 0 Å². The second kappa shape index (κ2) is 10.1. The molecule has 2 N–H and O–H groups in total. The van der Waals surface area contributed by atoms with E-state index in [2.05, 4.69) is 29.1 Å². The van der Waals surface area contributed by atoms with Crippen molar-refractivity contribution in [1.82, 2.24) is 15.3 Å². The zero-order valence-corrected chi connectivity index (χ0v) is 18.2. The first-order chi connectivity index (χ1) is 14.5. The van der Waals surface area contributed by atoms with Gasteiger partial charge in [-0.3, -0.25) is 4.79 Å². The first kappa shape index (κ1) is 21.7. The van der Waals surface area contributed by atoms with Gasteiger partial charge in [0.25, 0.3) is 0 Å². The Morgan fingerprint density at radius 2 is 1.93 bits per heavy atom. The van der Waals surface area contributed by atoms with Crippen LogP contribution in [0.2, 0.25) is 0 Å². The molecule has 1 atom stereocenters. The molecular formula is C24H31N3O3. The van der Waals surface area contributed by atoms with Gasteiger partial charge in [0.05, 0.1) is 30.8 Å². The molecule has 30 heavy (non-hydrogen) atoms. The van der Waals surface area contributed by atoms with Crippen LogP contribution in [0, 0.1) is 5.92 Å². The van der Waals surface area contributed by atoms with Crippen molar-refractivity contribution in [2.45, 2.75) is 46.1 Å². The van der Waals surface area contributed by atoms with Crippen molar-refractivity contribution < 1.29 is 14.3 Å². The zero-order valence-electron chi connectivity index (χ0n) is 18.2. The summed E-state index contributed by atoms with van der Waals surface area (Å²) in [6, 6.07) is 13.6. The third-order valence-electron chi connectivity index (χ3n) is 4.89. The van der Waals surface area contributed by atoms with Gasteiger partial charge in [0, 0.05) is 12.8 Å². The SMILES string of the molecule is COc1cc(C(C)NC(=O)CCCc2nc3ccccc3[nH]2)ccc1OCC(C)C. The molecule has 1 unspecified atom stereocenters. The molecule has 6 nitrogen and oxygen atoms in total. The summed E-state index contributed by atoms with van der Waals surface area (Å²) in [4.78, 5) is 20.3. The normalized spacial score (nSPS) is 12.2. The van der Waals surface area contributed by atoms with Gasteiger partial charge in [0.2, 0.25) is 5.91 Å². The lowest BCUT2D eigenvalue weighted by atomic mass is 10.1. The molecule has 2 aromatic carbocycles. The number of nitrogens with one attached hydrogen (secondary N) is 2. The Kier molecular flexibility index (Phi) is 7.33. The van der Waals surface area contributed by atoms with Crippen molar-refractivity contribution >= 4 is 16.9 Å². The third kappa shape index (κ3) is 5.75. The summed E-state index contributed by atoms with van der Waals surface area (Å²) < 4.78 is 11.3. The van der Waals surface area contributed by atoms with Gasteiger partial charge in [-0.25, -0.2) is 4.98 Å². The molecule has 0 spiro atoms. The smallest absolute Gasteiger partial charge is 0.220 e. The van der Waals surface area contributed by atoms with Crippen molar-refractivity contribution in [3.63, 3.8) is 0 Å². The minimum atomic E-state index is -0.114. The second-order valence-electron chi connectivity index (χ2n) is 7.96. The maximum absolute atomic E-state index is 12.4. The number of carbonyl (C=O) groups excluding carboxylic acids is 1. The fourth-order valence-corrected chi connectivity index (χ4v) is 3.27. The maximum atomic E-state index is 12.4. The van der Waals surface area contributed by atoms with E-state index in [4.69, 9.17) is 9.47 Å². The van der Waals surface area contributed by atoms with Gasteiger partial charge < -0.3 is 19.8 Å². The van der Waals surface area contributed by atoms with Crippen LogP contribution in [-0.2, 0) is 11.2 Å². The van der Waals surface area contributed by atoms with E-state index >= 15 is 0 Å². The summed E-state index contributed by atoms with van der Waals surface area (Å²) in [5.41, 5.74) is 2.97. The highest BCUT2D eigenvalue weighted by molar-refractivity contribution is 5.76. The van der Waals surface area contributed by atoms with E-state index in [0.717, 1.165) is 41.0 Å². The minimum Gasteiger partial charge on any atom is -0.493 e. The number of carbonyl (C=O) groups is 1. The number of fused-ring (bicyclic) bond motifs is 1. The Morgan fingerprint density at radius 1 is 1.13 bits per heavy atom. The highest BCUT2D eigenvalue weighted by atomic mass is 16.5. The van der Waals surface area contributed by atoms with Crippen LogP contribution in [0.5, 0.6) is 11.5 Å². The number of hydrogen-bond acceptors (Lipinski definition) is 4. The monoisotopic (exact) mass is 409 g/mol. The number of rotatable bonds is 10. The Labute approximate surface area is 178 Å². The second-order valence-corrected chi connectivity index (χ2v) is 7.96. The van der Waals surface area contributed by atoms with Crippen LogP contribution in [0.15, 0.2) is 42.5 Å². The van der Waals surface area contributed by atoms with E-state index in [1.54, 1.807) is 7.11 Å². The average molecular weight is 410 g/mol. The quantitative estimate of drug-likeness (QED) is 0.504. The molecule has 0 aliphatic carbocycles. The highest BCUT2D eigenvalue weighted by Crippen LogP contribution is 2.30. The van der Waals surface area contributed by atoms with E-state index in [1.165, 1.54) is 0 Å². The number of imidazole rings is 1. The van der Waals surface area contributed by atoms with Crippen molar-refractivity contribution in [2.75, 3.05) is 13.7 Å². The average Bonchev–Trinajstić information content (AvgIpc) is 3.14. The fraction of sp³-hybridized carbons (Fsp3) is 0.417. The van der Waals surface area contributed by atoms with E-state index < -0.39 is 0 Å². The van der Waals surface area contributed by atoms with Crippen molar-refractivity contribution in [3.05, 3.63) is 53.9 Å². The number of aromatic amines is 1. The van der Waals surface area contributed by atoms with Crippen LogP contribution < -0.4 is 14.8 Å². The summed E-state index contributed by atoms with van der Waals surface area (Å²) >= 11 is 0. The molecule has 0 saturated carbocycles. The summed E-state index contributed by atoms with van der Waals surface area (Å²) in [5, 5.41) is 3.06. The zero-order chi connectivity index (χ0) is 21.5. The largest absolute Gasteiger partial charge is 0.493 e. The molecule has 0 fully saturated rings. The highest BCUT2D eigenvalue weighted by Gasteiger charge is 2.14. The van der Waals surface area contributed by atoms with Crippen LogP contribution >= 0.6 is 0 Å². The molecule has 0 aliphatic rings. The first-order valence-corrected chi connectivity index (χ1v) is 10.5. The van der Waals surface area contributed by atoms with E-state index in [9.17, 15) is 4.79 Å². The van der Waals surface area contributed by atoms with Crippen LogP contribution in [-0.4, -0.2) is 29.6 Å². The van der Waals surface area contributed by atoms with Gasteiger partial charge in [-0.2, -0.15) is 0 Å². The van der Waals surface area contributed by atoms with E-state index in [0.29, 0.717) is 24.7 Å². The number of amides is 1. The number of H-pyrrole nitrogens is 1. The molecular weight excluding hydrogens is 378 g/mol. The molecule has 0 aliphatic heterocycles. The van der Waals surface area contributed by atoms with Crippen LogP contribution in [0.25, 0.3) is 11.0 Å². The van der Waals surface area contributed by atoms with Crippen molar-refractivity contribution in [2.24, 2.45) is 5.92 Å². The number of para-hydroxylation sites is 2. The summed E-state index contributed by atoms with van der Waals surface area (Å²) in [6.45, 7) is 6.81. The lowest BCUT2D eigenvalue weighted by Gasteiger charge is -2.18. The Morgan fingerprint density at radius 3 is 2.67 bits per heavy atom. The molecule has 1 amide bonds. The number of nitrogens with zero attached hydrogens (tertiary/aromatic N) is 1. The van der Waals surface area contributed by atoms with Gasteiger partial charge in [-0.15, -0.1) is 0 Å². The number of methoxy groups -OCH3 is 1. The lowest BCUT2D eigenvalue weighted by molar-refractivity contribution is -0.121. The predicted molar refractivity (Wildman–Crippen MR) is 119 cm³/mol. The van der Waals surface area contributed by atoms with Gasteiger partial charge in [0.1, 0.15) is 5.82 Å². The van der Waals surface area contributed by atoms with Crippen LogP contribution in [0.1, 0.15) is 51.0 Å². The van der Waals surface area contributed by atoms with E-state index in [1.807, 2.05) is 49.4 Å². The maximum Gasteiger partial charge on any atom is 0.220 e. The van der Waals surface area contributed by atoms with Crippen LogP contribution in [0.4, 0.5) is 0 Å². The Hall–Kier alpha value is -3.02. The molecule has 3 aromatic rings. The van der Waals surface area contributed by atoms with Crippen molar-refractivity contribution in [1.29, 1.82) is 0 Å². The van der Waals surface area contributed by atoms with Gasteiger partial charge in [0.15, 0.2) is 11.5 Å². The Bertz CT molecular complexity index is 948. The third-order valence-corrected chi connectivity index (χ3v) is 4.89. The van der Waals surface area contributed by atoms with Crippen molar-refractivity contribution in [3.8, 4) is 11.5 Å². The molecule has 160 valence electrons. The van der Waals surface area contributed by atoms with Gasteiger partial charge in [-0.1, -0.05) is 32.0 Å². The number of ether oxygens (including phenoxy) is 2. The number of hydrogen-bond donors (Lipinski definition) is 2. The summed E-state index contributed by atoms with van der Waals surface area (Å²) in [6.07, 6.45) is 1.93. The summed E-state index contributed by atoms with van der Waals surface area (Å²) in [7, 11) is 1.63. The summed E-state index contributed by atoms with van der Waals surface area (Å²) in [5.74, 6) is 2.78. The topological polar surface area (TPSA) is 76.2 Å². The Balaban J connectivity index is 1.50. The molecule has 3 rings (SSSR count). The molecule has 0 saturated heterocycles.